The Balaban J connectivity index is 1.52. The summed E-state index contributed by atoms with van der Waals surface area (Å²) < 4.78 is 29.5. The number of sulfone groups is 1. The van der Waals surface area contributed by atoms with E-state index in [0.29, 0.717) is 24.3 Å². The van der Waals surface area contributed by atoms with Crippen LogP contribution in [-0.2, 0) is 25.1 Å². The maximum Gasteiger partial charge on any atom is 0.309 e. The molecule has 2 aromatic rings. The number of hydrogen-bond donors (Lipinski definition) is 3. The second kappa shape index (κ2) is 9.40. The minimum absolute atomic E-state index is 0.251. The number of β-amino-alcohol motifs (C(OH)–C–C–N with tert-alkyl or cyclic N) is 1. The Hall–Kier alpha value is -2.88. The Morgan fingerprint density at radius 2 is 1.76 bits per heavy atom. The fourth-order valence-electron chi connectivity index (χ4n) is 4.56. The molecule has 0 amide bonds. The van der Waals surface area contributed by atoms with E-state index in [0.717, 1.165) is 36.3 Å². The number of benzene rings is 2. The molecule has 2 aliphatic heterocycles. The first-order chi connectivity index (χ1) is 16.1. The topological polar surface area (TPSA) is 116 Å². The van der Waals surface area contributed by atoms with E-state index in [2.05, 4.69) is 10.2 Å². The normalized spacial score (nSPS) is 23.1. The molecule has 2 atom stereocenters. The molecule has 0 radical (unpaired) electrons. The van der Waals surface area contributed by atoms with Crippen molar-refractivity contribution in [2.24, 2.45) is 0 Å². The van der Waals surface area contributed by atoms with Crippen molar-refractivity contribution < 1.29 is 28.2 Å². The van der Waals surface area contributed by atoms with Crippen LogP contribution in [-0.4, -0.2) is 61.5 Å². The zero-order valence-corrected chi connectivity index (χ0v) is 20.1. The number of nitrogens with one attached hydrogen (secondary N) is 1. The van der Waals surface area contributed by atoms with E-state index in [-0.39, 0.29) is 17.4 Å². The quantitative estimate of drug-likeness (QED) is 0.522. The van der Waals surface area contributed by atoms with Crippen molar-refractivity contribution in [1.82, 2.24) is 10.2 Å². The van der Waals surface area contributed by atoms with Gasteiger partial charge in [-0.3, -0.25) is 4.79 Å². The second-order valence-corrected chi connectivity index (χ2v) is 11.0. The van der Waals surface area contributed by atoms with Crippen LogP contribution in [0.2, 0.25) is 0 Å². The van der Waals surface area contributed by atoms with Gasteiger partial charge in [-0.05, 0) is 36.6 Å². The van der Waals surface area contributed by atoms with Crippen molar-refractivity contribution in [1.29, 1.82) is 0 Å². The number of carboxylic acids is 1. The van der Waals surface area contributed by atoms with Crippen molar-refractivity contribution in [3.05, 3.63) is 65.6 Å². The predicted molar refractivity (Wildman–Crippen MR) is 128 cm³/mol. The summed E-state index contributed by atoms with van der Waals surface area (Å²) in [5.74, 6) is -0.314. The zero-order valence-electron chi connectivity index (χ0n) is 19.3. The molecule has 2 heterocycles. The van der Waals surface area contributed by atoms with E-state index in [1.165, 1.54) is 6.26 Å². The lowest BCUT2D eigenvalue weighted by Gasteiger charge is -2.30. The van der Waals surface area contributed by atoms with Crippen LogP contribution in [0.1, 0.15) is 31.7 Å². The number of likely N-dealkylation sites (tertiary alicyclic amines) is 1. The van der Waals surface area contributed by atoms with Crippen LogP contribution in [0.5, 0.6) is 0 Å². The smallest absolute Gasteiger partial charge is 0.309 e. The van der Waals surface area contributed by atoms with E-state index in [9.17, 15) is 23.4 Å². The minimum atomic E-state index is -3.26. The van der Waals surface area contributed by atoms with Crippen LogP contribution >= 0.6 is 0 Å². The Kier molecular flexibility index (Phi) is 6.71. The van der Waals surface area contributed by atoms with Crippen LogP contribution in [0, 0.1) is 0 Å². The Labute approximate surface area is 199 Å². The number of aliphatic carboxylic acids is 1. The maximum atomic E-state index is 11.7. The number of carboxylic acid groups (broad SMARTS) is 1. The Morgan fingerprint density at radius 3 is 2.29 bits per heavy atom. The summed E-state index contributed by atoms with van der Waals surface area (Å²) in [6, 6.07) is 14.1. The number of aliphatic hydroxyl groups is 1. The van der Waals surface area contributed by atoms with E-state index >= 15 is 0 Å². The lowest BCUT2D eigenvalue weighted by molar-refractivity contribution is -0.144. The highest BCUT2D eigenvalue weighted by Gasteiger charge is 2.43. The van der Waals surface area contributed by atoms with Gasteiger partial charge in [-0.1, -0.05) is 36.4 Å². The van der Waals surface area contributed by atoms with Gasteiger partial charge in [0.15, 0.2) is 9.84 Å². The highest BCUT2D eigenvalue weighted by atomic mass is 32.2. The molecule has 1 fully saturated rings. The first kappa shape index (κ1) is 24.3. The third kappa shape index (κ3) is 5.27. The number of aliphatic hydroxyl groups excluding tert-OH is 1. The van der Waals surface area contributed by atoms with Gasteiger partial charge in [-0.25, -0.2) is 8.42 Å². The summed E-state index contributed by atoms with van der Waals surface area (Å²) in [7, 11) is -3.26. The lowest BCUT2D eigenvalue weighted by Crippen LogP contribution is -2.41. The molecule has 1 saturated heterocycles. The number of hydrogen-bond acceptors (Lipinski definition) is 7. The van der Waals surface area contributed by atoms with Crippen LogP contribution in [0.3, 0.4) is 0 Å². The summed E-state index contributed by atoms with van der Waals surface area (Å²) in [6.45, 7) is 4.09. The van der Waals surface area contributed by atoms with Gasteiger partial charge in [-0.15, -0.1) is 0 Å². The van der Waals surface area contributed by atoms with Crippen LogP contribution in [0.15, 0.2) is 64.9 Å². The highest BCUT2D eigenvalue weighted by molar-refractivity contribution is 7.90. The molecular formula is C25H30N2O6S. The number of allylic oxidation sites excluding steroid dienone is 1. The van der Waals surface area contributed by atoms with Crippen LogP contribution in [0.4, 0.5) is 0 Å². The number of carbonyl (C=O) groups is 1. The average Bonchev–Trinajstić information content (AvgIpc) is 3.34. The number of nitrogens with zero attached hydrogens (tertiary/aromatic N) is 1. The molecule has 1 unspecified atom stereocenters. The largest absolute Gasteiger partial charge is 0.481 e. The summed E-state index contributed by atoms with van der Waals surface area (Å²) in [6.07, 6.45) is 2.08. The molecular weight excluding hydrogens is 456 g/mol. The molecule has 2 aromatic carbocycles. The molecule has 182 valence electrons. The molecule has 0 aliphatic carbocycles. The van der Waals surface area contributed by atoms with Gasteiger partial charge in [0.2, 0.25) is 5.72 Å². The Morgan fingerprint density at radius 1 is 1.15 bits per heavy atom. The lowest BCUT2D eigenvalue weighted by atomic mass is 9.96. The van der Waals surface area contributed by atoms with Crippen LogP contribution < -0.4 is 5.32 Å². The van der Waals surface area contributed by atoms with E-state index < -0.39 is 21.5 Å². The van der Waals surface area contributed by atoms with Crippen molar-refractivity contribution in [2.45, 2.75) is 42.9 Å². The fraction of sp³-hybridized carbons (Fsp3) is 0.400. The van der Waals surface area contributed by atoms with Crippen molar-refractivity contribution in [3.8, 4) is 11.1 Å². The molecule has 3 N–H and O–H groups in total. The molecule has 0 aromatic heterocycles. The van der Waals surface area contributed by atoms with Crippen molar-refractivity contribution >= 4 is 15.8 Å². The molecule has 0 bridgehead atoms. The van der Waals surface area contributed by atoms with Crippen molar-refractivity contribution in [3.63, 3.8) is 0 Å². The monoisotopic (exact) mass is 486 g/mol. The van der Waals surface area contributed by atoms with Gasteiger partial charge in [0.05, 0.1) is 16.7 Å². The summed E-state index contributed by atoms with van der Waals surface area (Å²) in [4.78, 5) is 14.2. The molecule has 8 nitrogen and oxygen atoms in total. The molecule has 0 spiro atoms. The highest BCUT2D eigenvalue weighted by Crippen LogP contribution is 2.38. The van der Waals surface area contributed by atoms with E-state index in [1.54, 1.807) is 24.3 Å². The standard InChI is InChI=1S/C25H30N2O6S/c1-17-23(12-14-27-13-11-21(28)16-27)26-25(33-17,15-24(29)30)20-7-3-18(4-8-20)19-5-9-22(10-6-19)34(2,31)32/h3-10,21,26,28H,11-16H2,1-2H3,(H,29,30)/t21-,25?/m1/s1. The Bertz CT molecular complexity index is 1190. The van der Waals surface area contributed by atoms with Gasteiger partial charge >= 0.3 is 5.97 Å². The van der Waals surface area contributed by atoms with Gasteiger partial charge in [-0.2, -0.15) is 0 Å². The van der Waals surface area contributed by atoms with Crippen molar-refractivity contribution in [2.75, 3.05) is 25.9 Å². The first-order valence-electron chi connectivity index (χ1n) is 11.3. The van der Waals surface area contributed by atoms with Gasteiger partial charge < -0.3 is 25.2 Å². The summed E-state index contributed by atoms with van der Waals surface area (Å²) >= 11 is 0. The van der Waals surface area contributed by atoms with Gasteiger partial charge in [0, 0.05) is 37.9 Å². The number of rotatable bonds is 8. The first-order valence-corrected chi connectivity index (χ1v) is 13.1. The fourth-order valence-corrected chi connectivity index (χ4v) is 5.19. The molecule has 9 heteroatoms. The van der Waals surface area contributed by atoms with Crippen LogP contribution in [0.25, 0.3) is 11.1 Å². The summed E-state index contributed by atoms with van der Waals surface area (Å²) in [5, 5.41) is 22.7. The number of ether oxygens (including phenoxy) is 1. The summed E-state index contributed by atoms with van der Waals surface area (Å²) in [5.41, 5.74) is 2.09. The maximum absolute atomic E-state index is 11.7. The van der Waals surface area contributed by atoms with E-state index in [4.69, 9.17) is 4.74 Å². The molecule has 2 aliphatic rings. The van der Waals surface area contributed by atoms with Gasteiger partial charge in [0.1, 0.15) is 12.2 Å². The van der Waals surface area contributed by atoms with Gasteiger partial charge in [0.25, 0.3) is 0 Å². The average molecular weight is 487 g/mol. The molecule has 0 saturated carbocycles. The SMILES string of the molecule is CC1=C(CCN2CC[C@@H](O)C2)NC(CC(=O)O)(c2ccc(-c3ccc(S(C)(=O)=O)cc3)cc2)O1. The minimum Gasteiger partial charge on any atom is -0.481 e. The third-order valence-corrected chi connectivity index (χ3v) is 7.53. The zero-order chi connectivity index (χ0) is 24.5. The predicted octanol–water partition coefficient (Wildman–Crippen LogP) is 2.69. The molecule has 34 heavy (non-hydrogen) atoms. The molecule has 4 rings (SSSR count). The van der Waals surface area contributed by atoms with E-state index in [1.807, 2.05) is 31.2 Å². The second-order valence-electron chi connectivity index (χ2n) is 9.03. The third-order valence-electron chi connectivity index (χ3n) is 6.40.